The largest absolute Gasteiger partial charge is 0.354 e. The van der Waals surface area contributed by atoms with Crippen LogP contribution in [0, 0.1) is 18.6 Å². The molecule has 0 spiro atoms. The van der Waals surface area contributed by atoms with Gasteiger partial charge in [0.05, 0.1) is 5.75 Å². The number of nitrogens with zero attached hydrogens (tertiary/aromatic N) is 4. The summed E-state index contributed by atoms with van der Waals surface area (Å²) in [5, 5.41) is 3.45. The minimum Gasteiger partial charge on any atom is -0.354 e. The van der Waals surface area contributed by atoms with E-state index in [1.807, 2.05) is 17.9 Å². The van der Waals surface area contributed by atoms with E-state index in [-0.39, 0.29) is 18.7 Å². The average molecular weight is 466 g/mol. The highest BCUT2D eigenvalue weighted by Crippen LogP contribution is 2.23. The molecule has 4 rings (SSSR count). The van der Waals surface area contributed by atoms with Gasteiger partial charge in [0.25, 0.3) is 0 Å². The number of hydrogen-bond donors (Lipinski definition) is 1. The summed E-state index contributed by atoms with van der Waals surface area (Å²) >= 11 is 0. The van der Waals surface area contributed by atoms with E-state index in [0.717, 1.165) is 42.6 Å². The van der Waals surface area contributed by atoms with Crippen LogP contribution in [-0.2, 0) is 15.8 Å². The molecule has 0 radical (unpaired) electrons. The van der Waals surface area contributed by atoms with Gasteiger partial charge in [-0.15, -0.1) is 0 Å². The Hall–Kier alpha value is -2.33. The van der Waals surface area contributed by atoms with Crippen LogP contribution in [0.4, 0.5) is 20.5 Å². The Morgan fingerprint density at radius 1 is 1.03 bits per heavy atom. The van der Waals surface area contributed by atoms with Crippen LogP contribution >= 0.6 is 0 Å². The molecule has 7 nitrogen and oxygen atoms in total. The summed E-state index contributed by atoms with van der Waals surface area (Å²) in [6, 6.07) is 5.16. The summed E-state index contributed by atoms with van der Waals surface area (Å²) in [6.07, 6.45) is 5.94. The van der Waals surface area contributed by atoms with E-state index in [0.29, 0.717) is 25.1 Å². The van der Waals surface area contributed by atoms with Gasteiger partial charge in [-0.05, 0) is 38.0 Å². The van der Waals surface area contributed by atoms with Gasteiger partial charge >= 0.3 is 0 Å². The van der Waals surface area contributed by atoms with Crippen molar-refractivity contribution >= 4 is 21.8 Å². The van der Waals surface area contributed by atoms with Crippen molar-refractivity contribution in [3.8, 4) is 0 Å². The zero-order chi connectivity index (χ0) is 22.7. The van der Waals surface area contributed by atoms with Crippen molar-refractivity contribution in [2.45, 2.75) is 50.8 Å². The van der Waals surface area contributed by atoms with Gasteiger partial charge in [-0.3, -0.25) is 0 Å². The molecule has 2 fully saturated rings. The van der Waals surface area contributed by atoms with Gasteiger partial charge in [0.2, 0.25) is 16.0 Å². The monoisotopic (exact) mass is 465 g/mol. The molecule has 0 amide bonds. The van der Waals surface area contributed by atoms with E-state index < -0.39 is 27.4 Å². The zero-order valence-electron chi connectivity index (χ0n) is 18.2. The van der Waals surface area contributed by atoms with Gasteiger partial charge < -0.3 is 10.2 Å². The standard InChI is InChI=1S/C22H29F2N5O2S/c1-16-13-21(27-22(25-16)26-19-5-3-2-4-6-19)28-9-11-29(12-10-28)32(30,31)15-17-14-18(23)7-8-20(17)24/h7-8,13-14,19H,2-6,9-12,15H2,1H3,(H,25,26,27). The number of halogens is 2. The zero-order valence-corrected chi connectivity index (χ0v) is 19.0. The highest BCUT2D eigenvalue weighted by Gasteiger charge is 2.29. The van der Waals surface area contributed by atoms with Crippen molar-refractivity contribution < 1.29 is 17.2 Å². The Bertz CT molecular complexity index is 1050. The first-order valence-electron chi connectivity index (χ1n) is 11.1. The third kappa shape index (κ3) is 5.53. The number of sulfonamides is 1. The van der Waals surface area contributed by atoms with Gasteiger partial charge in [0.1, 0.15) is 17.5 Å². The lowest BCUT2D eigenvalue weighted by Gasteiger charge is -2.35. The van der Waals surface area contributed by atoms with Crippen molar-refractivity contribution in [1.29, 1.82) is 0 Å². The van der Waals surface area contributed by atoms with Crippen molar-refractivity contribution in [1.82, 2.24) is 14.3 Å². The Kier molecular flexibility index (Phi) is 6.90. The van der Waals surface area contributed by atoms with Crippen molar-refractivity contribution in [2.75, 3.05) is 36.4 Å². The highest BCUT2D eigenvalue weighted by atomic mass is 32.2. The molecule has 10 heteroatoms. The van der Waals surface area contributed by atoms with Gasteiger partial charge in [-0.2, -0.15) is 9.29 Å². The molecule has 1 aliphatic heterocycles. The smallest absolute Gasteiger partial charge is 0.225 e. The van der Waals surface area contributed by atoms with Crippen LogP contribution in [0.2, 0.25) is 0 Å². The molecule has 1 saturated heterocycles. The van der Waals surface area contributed by atoms with E-state index in [9.17, 15) is 17.2 Å². The normalized spacial score (nSPS) is 18.7. The average Bonchev–Trinajstić information content (AvgIpc) is 2.76. The number of aryl methyl sites for hydroxylation is 1. The number of piperazine rings is 1. The number of rotatable bonds is 6. The topological polar surface area (TPSA) is 78.4 Å². The van der Waals surface area contributed by atoms with E-state index >= 15 is 0 Å². The van der Waals surface area contributed by atoms with Crippen LogP contribution < -0.4 is 10.2 Å². The minimum atomic E-state index is -3.76. The molecular weight excluding hydrogens is 436 g/mol. The van der Waals surface area contributed by atoms with E-state index in [4.69, 9.17) is 0 Å². The molecular formula is C22H29F2N5O2S. The maximum atomic E-state index is 13.9. The lowest BCUT2D eigenvalue weighted by Crippen LogP contribution is -2.49. The van der Waals surface area contributed by atoms with Crippen LogP contribution in [0.15, 0.2) is 24.3 Å². The van der Waals surface area contributed by atoms with Gasteiger partial charge in [-0.25, -0.2) is 22.2 Å². The predicted octanol–water partition coefficient (Wildman–Crippen LogP) is 3.46. The fourth-order valence-electron chi connectivity index (χ4n) is 4.35. The second-order valence-electron chi connectivity index (χ2n) is 8.55. The summed E-state index contributed by atoms with van der Waals surface area (Å²) < 4.78 is 54.2. The molecule has 32 heavy (non-hydrogen) atoms. The van der Waals surface area contributed by atoms with E-state index in [1.54, 1.807) is 0 Å². The summed E-state index contributed by atoms with van der Waals surface area (Å²) in [4.78, 5) is 11.2. The van der Waals surface area contributed by atoms with Crippen LogP contribution in [0.5, 0.6) is 0 Å². The maximum absolute atomic E-state index is 13.9. The maximum Gasteiger partial charge on any atom is 0.225 e. The fraction of sp³-hybridized carbons (Fsp3) is 0.545. The number of benzene rings is 1. The molecule has 1 saturated carbocycles. The summed E-state index contributed by atoms with van der Waals surface area (Å²) in [5.74, 6) is -0.549. The Morgan fingerprint density at radius 3 is 2.47 bits per heavy atom. The molecule has 1 N–H and O–H groups in total. The molecule has 174 valence electrons. The number of nitrogens with one attached hydrogen (secondary N) is 1. The molecule has 1 aliphatic carbocycles. The van der Waals surface area contributed by atoms with Gasteiger partial charge in [0, 0.05) is 49.5 Å². The minimum absolute atomic E-state index is 0.155. The number of aromatic nitrogens is 2. The first kappa shape index (κ1) is 22.8. The lowest BCUT2D eigenvalue weighted by molar-refractivity contribution is 0.382. The molecule has 0 atom stereocenters. The summed E-state index contributed by atoms with van der Waals surface area (Å²) in [5.41, 5.74) is 0.697. The molecule has 2 aromatic rings. The van der Waals surface area contributed by atoms with E-state index in [2.05, 4.69) is 15.3 Å². The Labute approximate surface area is 187 Å². The molecule has 1 aromatic heterocycles. The number of anilines is 2. The molecule has 2 aliphatic rings. The van der Waals surface area contributed by atoms with Gasteiger partial charge in [0.15, 0.2) is 0 Å². The first-order chi connectivity index (χ1) is 15.3. The predicted molar refractivity (Wildman–Crippen MR) is 120 cm³/mol. The van der Waals surface area contributed by atoms with Crippen molar-refractivity contribution in [2.24, 2.45) is 0 Å². The summed E-state index contributed by atoms with van der Waals surface area (Å²) in [7, 11) is -3.76. The van der Waals surface area contributed by atoms with Crippen molar-refractivity contribution in [3.05, 3.63) is 47.2 Å². The molecule has 0 unspecified atom stereocenters. The van der Waals surface area contributed by atoms with Crippen LogP contribution in [-0.4, -0.2) is 54.9 Å². The fourth-order valence-corrected chi connectivity index (χ4v) is 5.86. The quantitative estimate of drug-likeness (QED) is 0.704. The summed E-state index contributed by atoms with van der Waals surface area (Å²) in [6.45, 7) is 3.36. The lowest BCUT2D eigenvalue weighted by atomic mass is 9.96. The highest BCUT2D eigenvalue weighted by molar-refractivity contribution is 7.88. The molecule has 0 bridgehead atoms. The van der Waals surface area contributed by atoms with Crippen molar-refractivity contribution in [3.63, 3.8) is 0 Å². The third-order valence-corrected chi connectivity index (χ3v) is 7.91. The second-order valence-corrected chi connectivity index (χ2v) is 10.5. The molecule has 2 heterocycles. The first-order valence-corrected chi connectivity index (χ1v) is 12.7. The third-order valence-electron chi connectivity index (χ3n) is 6.08. The Morgan fingerprint density at radius 2 is 1.75 bits per heavy atom. The van der Waals surface area contributed by atoms with Crippen LogP contribution in [0.25, 0.3) is 0 Å². The Balaban J connectivity index is 1.40. The van der Waals surface area contributed by atoms with Gasteiger partial charge in [-0.1, -0.05) is 19.3 Å². The van der Waals surface area contributed by atoms with Crippen LogP contribution in [0.1, 0.15) is 43.4 Å². The number of hydrogen-bond acceptors (Lipinski definition) is 6. The van der Waals surface area contributed by atoms with E-state index in [1.165, 1.54) is 23.6 Å². The molecule has 1 aromatic carbocycles. The SMILES string of the molecule is Cc1cc(N2CCN(S(=O)(=O)Cc3cc(F)ccc3F)CC2)nc(NC2CCCCC2)n1. The van der Waals surface area contributed by atoms with Crippen LogP contribution in [0.3, 0.4) is 0 Å². The second kappa shape index (κ2) is 9.66.